The number of carbonyl (C=O) groups is 2. The highest BCUT2D eigenvalue weighted by Gasteiger charge is 2.34. The van der Waals surface area contributed by atoms with Crippen LogP contribution in [0.5, 0.6) is 0 Å². The maximum atomic E-state index is 12.1. The van der Waals surface area contributed by atoms with Crippen molar-refractivity contribution in [2.75, 3.05) is 0 Å². The van der Waals surface area contributed by atoms with Gasteiger partial charge in [-0.1, -0.05) is 0 Å². The standard InChI is InChI=1S/C13H17NO3S/c1-7-5-10(8(2)18-7)13(17)14-11(6-12(15)16)9-3-4-9/h5,9,11H,3-4,6H2,1-2H3,(H,14,17)(H,15,16). The Morgan fingerprint density at radius 3 is 2.61 bits per heavy atom. The van der Waals surface area contributed by atoms with Gasteiger partial charge >= 0.3 is 5.97 Å². The van der Waals surface area contributed by atoms with Crippen LogP contribution in [0.2, 0.25) is 0 Å². The van der Waals surface area contributed by atoms with Gasteiger partial charge in [-0.3, -0.25) is 9.59 Å². The van der Waals surface area contributed by atoms with Crippen molar-refractivity contribution in [3.05, 3.63) is 21.4 Å². The predicted octanol–water partition coefficient (Wildman–Crippen LogP) is 2.35. The van der Waals surface area contributed by atoms with Crippen LogP contribution in [0.4, 0.5) is 0 Å². The zero-order valence-electron chi connectivity index (χ0n) is 10.5. The monoisotopic (exact) mass is 267 g/mol. The summed E-state index contributed by atoms with van der Waals surface area (Å²) in [6.07, 6.45) is 2.04. The molecule has 2 N–H and O–H groups in total. The van der Waals surface area contributed by atoms with Gasteiger partial charge in [0.1, 0.15) is 0 Å². The number of amides is 1. The van der Waals surface area contributed by atoms with Crippen molar-refractivity contribution >= 4 is 23.2 Å². The Kier molecular flexibility index (Phi) is 3.71. The second kappa shape index (κ2) is 5.10. The molecule has 18 heavy (non-hydrogen) atoms. The normalized spacial score (nSPS) is 16.3. The minimum atomic E-state index is -0.856. The molecule has 1 amide bonds. The van der Waals surface area contributed by atoms with E-state index in [0.717, 1.165) is 22.6 Å². The van der Waals surface area contributed by atoms with Gasteiger partial charge < -0.3 is 10.4 Å². The molecule has 1 saturated carbocycles. The molecule has 0 radical (unpaired) electrons. The van der Waals surface area contributed by atoms with E-state index < -0.39 is 5.97 Å². The van der Waals surface area contributed by atoms with Crippen molar-refractivity contribution in [3.63, 3.8) is 0 Å². The molecule has 4 nitrogen and oxygen atoms in total. The molecule has 1 aliphatic rings. The zero-order chi connectivity index (χ0) is 13.3. The zero-order valence-corrected chi connectivity index (χ0v) is 11.3. The first kappa shape index (κ1) is 13.1. The van der Waals surface area contributed by atoms with Crippen molar-refractivity contribution < 1.29 is 14.7 Å². The Morgan fingerprint density at radius 1 is 1.50 bits per heavy atom. The van der Waals surface area contributed by atoms with Crippen molar-refractivity contribution in [2.45, 2.75) is 39.2 Å². The molecule has 0 aliphatic heterocycles. The fourth-order valence-electron chi connectivity index (χ4n) is 2.12. The number of aliphatic carboxylic acids is 1. The van der Waals surface area contributed by atoms with Gasteiger partial charge in [0.2, 0.25) is 0 Å². The van der Waals surface area contributed by atoms with Crippen LogP contribution in [0.25, 0.3) is 0 Å². The van der Waals surface area contributed by atoms with Crippen LogP contribution in [0, 0.1) is 19.8 Å². The Labute approximate surface area is 110 Å². The third kappa shape index (κ3) is 3.10. The summed E-state index contributed by atoms with van der Waals surface area (Å²) in [6, 6.07) is 1.63. The molecule has 0 aromatic carbocycles. The molecule has 1 fully saturated rings. The van der Waals surface area contributed by atoms with Crippen molar-refractivity contribution in [3.8, 4) is 0 Å². The first-order chi connectivity index (χ1) is 8.47. The van der Waals surface area contributed by atoms with Crippen LogP contribution in [-0.2, 0) is 4.79 Å². The summed E-state index contributed by atoms with van der Waals surface area (Å²) < 4.78 is 0. The third-order valence-corrected chi connectivity index (χ3v) is 4.15. The average molecular weight is 267 g/mol. The number of carboxylic acid groups (broad SMARTS) is 1. The van der Waals surface area contributed by atoms with E-state index in [1.807, 2.05) is 19.9 Å². The molecule has 1 heterocycles. The van der Waals surface area contributed by atoms with E-state index in [4.69, 9.17) is 5.11 Å². The lowest BCUT2D eigenvalue weighted by Crippen LogP contribution is -2.38. The van der Waals surface area contributed by atoms with Crippen LogP contribution in [0.1, 0.15) is 39.4 Å². The van der Waals surface area contributed by atoms with Crippen molar-refractivity contribution in [1.82, 2.24) is 5.32 Å². The summed E-state index contributed by atoms with van der Waals surface area (Å²) in [5.41, 5.74) is 0.675. The van der Waals surface area contributed by atoms with E-state index in [0.29, 0.717) is 11.5 Å². The lowest BCUT2D eigenvalue weighted by molar-refractivity contribution is -0.137. The Morgan fingerprint density at radius 2 is 2.17 bits per heavy atom. The van der Waals surface area contributed by atoms with Gasteiger partial charge in [-0.2, -0.15) is 0 Å². The van der Waals surface area contributed by atoms with E-state index >= 15 is 0 Å². The van der Waals surface area contributed by atoms with Gasteiger partial charge in [0.05, 0.1) is 12.0 Å². The second-order valence-electron chi connectivity index (χ2n) is 4.84. The van der Waals surface area contributed by atoms with E-state index in [-0.39, 0.29) is 18.4 Å². The lowest BCUT2D eigenvalue weighted by Gasteiger charge is -2.16. The molecular weight excluding hydrogens is 250 g/mol. The van der Waals surface area contributed by atoms with Crippen LogP contribution in [0.15, 0.2) is 6.07 Å². The molecule has 2 rings (SSSR count). The van der Waals surface area contributed by atoms with E-state index in [1.54, 1.807) is 11.3 Å². The second-order valence-corrected chi connectivity index (χ2v) is 6.30. The summed E-state index contributed by atoms with van der Waals surface area (Å²) in [5, 5.41) is 11.7. The molecule has 1 aliphatic carbocycles. The number of hydrogen-bond donors (Lipinski definition) is 2. The topological polar surface area (TPSA) is 66.4 Å². The van der Waals surface area contributed by atoms with E-state index in [1.165, 1.54) is 0 Å². The highest BCUT2D eigenvalue weighted by molar-refractivity contribution is 7.12. The third-order valence-electron chi connectivity index (χ3n) is 3.19. The van der Waals surface area contributed by atoms with Crippen LogP contribution < -0.4 is 5.32 Å². The van der Waals surface area contributed by atoms with Gasteiger partial charge in [0, 0.05) is 15.8 Å². The largest absolute Gasteiger partial charge is 0.481 e. The van der Waals surface area contributed by atoms with Gasteiger partial charge in [-0.15, -0.1) is 11.3 Å². The smallest absolute Gasteiger partial charge is 0.305 e. The van der Waals surface area contributed by atoms with Crippen molar-refractivity contribution in [2.24, 2.45) is 5.92 Å². The summed E-state index contributed by atoms with van der Waals surface area (Å²) in [7, 11) is 0. The average Bonchev–Trinajstić information content (AvgIpc) is 3.03. The molecule has 0 bridgehead atoms. The van der Waals surface area contributed by atoms with Crippen molar-refractivity contribution in [1.29, 1.82) is 0 Å². The minimum absolute atomic E-state index is 0.0125. The maximum absolute atomic E-state index is 12.1. The lowest BCUT2D eigenvalue weighted by atomic mass is 10.1. The first-order valence-corrected chi connectivity index (χ1v) is 6.88. The highest BCUT2D eigenvalue weighted by atomic mass is 32.1. The van der Waals surface area contributed by atoms with Gasteiger partial charge in [-0.25, -0.2) is 0 Å². The molecule has 1 atom stereocenters. The molecule has 1 unspecified atom stereocenters. The van der Waals surface area contributed by atoms with E-state index in [2.05, 4.69) is 5.32 Å². The number of nitrogens with one attached hydrogen (secondary N) is 1. The van der Waals surface area contributed by atoms with Crippen LogP contribution >= 0.6 is 11.3 Å². The van der Waals surface area contributed by atoms with E-state index in [9.17, 15) is 9.59 Å². The molecule has 1 aromatic rings. The molecule has 98 valence electrons. The summed E-state index contributed by atoms with van der Waals surface area (Å²) in [4.78, 5) is 25.0. The first-order valence-electron chi connectivity index (χ1n) is 6.07. The van der Waals surface area contributed by atoms with Crippen LogP contribution in [0.3, 0.4) is 0 Å². The minimum Gasteiger partial charge on any atom is -0.481 e. The molecule has 1 aromatic heterocycles. The van der Waals surface area contributed by atoms with Gasteiger partial charge in [0.15, 0.2) is 0 Å². The van der Waals surface area contributed by atoms with Gasteiger partial charge in [0.25, 0.3) is 5.91 Å². The number of carboxylic acids is 1. The fraction of sp³-hybridized carbons (Fsp3) is 0.538. The Bertz CT molecular complexity index is 477. The number of carbonyl (C=O) groups excluding carboxylic acids is 1. The summed E-state index contributed by atoms with van der Waals surface area (Å²) in [5.74, 6) is -0.662. The molecule has 0 spiro atoms. The highest BCUT2D eigenvalue weighted by Crippen LogP contribution is 2.34. The van der Waals surface area contributed by atoms with Gasteiger partial charge in [-0.05, 0) is 38.7 Å². The Hall–Kier alpha value is -1.36. The summed E-state index contributed by atoms with van der Waals surface area (Å²) >= 11 is 1.59. The number of aryl methyl sites for hydroxylation is 2. The number of hydrogen-bond acceptors (Lipinski definition) is 3. The molecule has 0 saturated heterocycles. The quantitative estimate of drug-likeness (QED) is 0.860. The number of rotatable bonds is 5. The maximum Gasteiger partial charge on any atom is 0.305 e. The fourth-order valence-corrected chi connectivity index (χ4v) is 3.05. The molecular formula is C13H17NO3S. The predicted molar refractivity (Wildman–Crippen MR) is 70.0 cm³/mol. The number of thiophene rings is 1. The molecule has 5 heteroatoms. The van der Waals surface area contributed by atoms with Crippen LogP contribution in [-0.4, -0.2) is 23.0 Å². The summed E-state index contributed by atoms with van der Waals surface area (Å²) in [6.45, 7) is 3.87. The Balaban J connectivity index is 2.04. The SMILES string of the molecule is Cc1cc(C(=O)NC(CC(=O)O)C2CC2)c(C)s1.